The van der Waals surface area contributed by atoms with Crippen molar-refractivity contribution in [1.29, 1.82) is 0 Å². The molecule has 0 saturated heterocycles. The molecule has 0 spiro atoms. The van der Waals surface area contributed by atoms with Crippen LogP contribution in [-0.2, 0) is 6.54 Å². The molecule has 1 N–H and O–H groups in total. The molecule has 4 saturated carbocycles. The summed E-state index contributed by atoms with van der Waals surface area (Å²) in [7, 11) is 0. The zero-order valence-corrected chi connectivity index (χ0v) is 15.5. The molecule has 0 radical (unpaired) electrons. The van der Waals surface area contributed by atoms with Gasteiger partial charge in [-0.3, -0.25) is 0 Å². The van der Waals surface area contributed by atoms with Gasteiger partial charge in [0.25, 0.3) is 0 Å². The molecule has 2 aromatic rings. The molecular formula is C23H28FNO. The number of hydrogen-bond acceptors (Lipinski definition) is 2. The fourth-order valence-corrected chi connectivity index (χ4v) is 6.42. The first-order chi connectivity index (χ1) is 12.6. The number of nitrogens with one attached hydrogen (secondary N) is 1. The summed E-state index contributed by atoms with van der Waals surface area (Å²) in [6.45, 7) is 3.15. The van der Waals surface area contributed by atoms with Gasteiger partial charge in [0.2, 0.25) is 0 Å². The number of furan rings is 1. The monoisotopic (exact) mass is 353 g/mol. The van der Waals surface area contributed by atoms with Crippen molar-refractivity contribution in [3.63, 3.8) is 0 Å². The van der Waals surface area contributed by atoms with Crippen LogP contribution in [0.4, 0.5) is 4.39 Å². The van der Waals surface area contributed by atoms with E-state index in [2.05, 4.69) is 12.2 Å². The van der Waals surface area contributed by atoms with Crippen molar-refractivity contribution >= 4 is 0 Å². The van der Waals surface area contributed by atoms with E-state index in [1.807, 2.05) is 12.1 Å². The van der Waals surface area contributed by atoms with Gasteiger partial charge in [0, 0.05) is 11.6 Å². The zero-order chi connectivity index (χ0) is 17.7. The Morgan fingerprint density at radius 2 is 1.62 bits per heavy atom. The molecule has 4 aliphatic carbocycles. The lowest BCUT2D eigenvalue weighted by molar-refractivity contribution is -0.0708. The van der Waals surface area contributed by atoms with Crippen LogP contribution in [-0.4, -0.2) is 6.04 Å². The molecule has 0 unspecified atom stereocenters. The predicted molar refractivity (Wildman–Crippen MR) is 101 cm³/mol. The molecule has 0 amide bonds. The van der Waals surface area contributed by atoms with Crippen molar-refractivity contribution in [1.82, 2.24) is 5.32 Å². The standard InChI is InChI=1S/C23H28FNO/c1-15(23-11-16-8-17(12-23)10-18(9-16)13-23)25-14-21-6-7-22(26-21)19-2-4-20(24)5-3-19/h2-7,15-18,25H,8-14H2,1H3/t15-,16?,17?,18?,23?/m0/s1. The second kappa shape index (κ2) is 6.23. The average molecular weight is 353 g/mol. The lowest BCUT2D eigenvalue weighted by atomic mass is 9.48. The van der Waals surface area contributed by atoms with E-state index in [-0.39, 0.29) is 5.82 Å². The van der Waals surface area contributed by atoms with Crippen molar-refractivity contribution in [2.45, 2.75) is 58.0 Å². The van der Waals surface area contributed by atoms with E-state index >= 15 is 0 Å². The van der Waals surface area contributed by atoms with Crippen molar-refractivity contribution < 1.29 is 8.81 Å². The summed E-state index contributed by atoms with van der Waals surface area (Å²) in [4.78, 5) is 0. The Labute approximate surface area is 155 Å². The van der Waals surface area contributed by atoms with E-state index in [1.165, 1.54) is 50.7 Å². The maximum absolute atomic E-state index is 13.1. The summed E-state index contributed by atoms with van der Waals surface area (Å²) >= 11 is 0. The Kier molecular flexibility index (Phi) is 3.97. The molecule has 3 heteroatoms. The molecule has 0 aliphatic heterocycles. The van der Waals surface area contributed by atoms with Crippen molar-refractivity contribution in [3.05, 3.63) is 48.0 Å². The van der Waals surface area contributed by atoms with Crippen LogP contribution < -0.4 is 5.32 Å². The first-order valence-electron chi connectivity index (χ1n) is 10.2. The minimum atomic E-state index is -0.216. The Hall–Kier alpha value is -1.61. The number of rotatable bonds is 5. The van der Waals surface area contributed by atoms with Gasteiger partial charge in [-0.25, -0.2) is 4.39 Å². The molecule has 6 rings (SSSR count). The molecular weight excluding hydrogens is 325 g/mol. The fraction of sp³-hybridized carbons (Fsp3) is 0.565. The molecule has 4 fully saturated rings. The third-order valence-corrected chi connectivity index (χ3v) is 7.38. The Morgan fingerprint density at radius 3 is 2.23 bits per heavy atom. The van der Waals surface area contributed by atoms with Crippen LogP contribution in [0, 0.1) is 29.0 Å². The maximum Gasteiger partial charge on any atom is 0.134 e. The second-order valence-corrected chi connectivity index (χ2v) is 9.16. The average Bonchev–Trinajstić information content (AvgIpc) is 3.08. The van der Waals surface area contributed by atoms with E-state index < -0.39 is 0 Å². The Bertz CT molecular complexity index is 742. The van der Waals surface area contributed by atoms with Crippen LogP contribution in [0.25, 0.3) is 11.3 Å². The molecule has 1 heterocycles. The van der Waals surface area contributed by atoms with Gasteiger partial charge < -0.3 is 9.73 Å². The summed E-state index contributed by atoms with van der Waals surface area (Å²) in [5, 5.41) is 3.78. The number of hydrogen-bond donors (Lipinski definition) is 1. The summed E-state index contributed by atoms with van der Waals surface area (Å²) in [6.07, 6.45) is 8.74. The largest absolute Gasteiger partial charge is 0.460 e. The van der Waals surface area contributed by atoms with Crippen LogP contribution in [0.15, 0.2) is 40.8 Å². The van der Waals surface area contributed by atoms with Gasteiger partial charge in [-0.1, -0.05) is 0 Å². The highest BCUT2D eigenvalue weighted by Gasteiger charge is 2.52. The van der Waals surface area contributed by atoms with Crippen molar-refractivity contribution in [2.75, 3.05) is 0 Å². The molecule has 138 valence electrons. The lowest BCUT2D eigenvalue weighted by Crippen LogP contribution is -2.54. The molecule has 2 nitrogen and oxygen atoms in total. The van der Waals surface area contributed by atoms with Crippen molar-refractivity contribution in [2.24, 2.45) is 23.2 Å². The summed E-state index contributed by atoms with van der Waals surface area (Å²) in [5.41, 5.74) is 1.44. The minimum absolute atomic E-state index is 0.216. The highest BCUT2D eigenvalue weighted by Crippen LogP contribution is 2.61. The third kappa shape index (κ3) is 2.90. The van der Waals surface area contributed by atoms with Crippen LogP contribution in [0.2, 0.25) is 0 Å². The number of halogens is 1. The van der Waals surface area contributed by atoms with Gasteiger partial charge in [-0.05, 0) is 105 Å². The van der Waals surface area contributed by atoms with Gasteiger partial charge in [0.1, 0.15) is 17.3 Å². The normalized spacial score (nSPS) is 33.5. The maximum atomic E-state index is 13.1. The molecule has 1 aromatic heterocycles. The quantitative estimate of drug-likeness (QED) is 0.737. The first kappa shape index (κ1) is 16.6. The van der Waals surface area contributed by atoms with E-state index in [0.717, 1.165) is 41.4 Å². The highest BCUT2D eigenvalue weighted by molar-refractivity contribution is 5.57. The van der Waals surface area contributed by atoms with E-state index in [0.29, 0.717) is 11.5 Å². The van der Waals surface area contributed by atoms with Gasteiger partial charge in [-0.15, -0.1) is 0 Å². The van der Waals surface area contributed by atoms with E-state index in [4.69, 9.17) is 4.42 Å². The van der Waals surface area contributed by atoms with E-state index in [9.17, 15) is 4.39 Å². The summed E-state index contributed by atoms with van der Waals surface area (Å²) < 4.78 is 19.1. The van der Waals surface area contributed by atoms with E-state index in [1.54, 1.807) is 12.1 Å². The topological polar surface area (TPSA) is 25.2 Å². The highest BCUT2D eigenvalue weighted by atomic mass is 19.1. The lowest BCUT2D eigenvalue weighted by Gasteiger charge is -2.59. The first-order valence-corrected chi connectivity index (χ1v) is 10.2. The van der Waals surface area contributed by atoms with Gasteiger partial charge in [0.05, 0.1) is 6.54 Å². The van der Waals surface area contributed by atoms with Crippen LogP contribution >= 0.6 is 0 Å². The Balaban J connectivity index is 1.25. The smallest absolute Gasteiger partial charge is 0.134 e. The second-order valence-electron chi connectivity index (χ2n) is 9.16. The third-order valence-electron chi connectivity index (χ3n) is 7.38. The van der Waals surface area contributed by atoms with Crippen LogP contribution in [0.1, 0.15) is 51.2 Å². The molecule has 4 aliphatic rings. The van der Waals surface area contributed by atoms with Gasteiger partial charge in [-0.2, -0.15) is 0 Å². The molecule has 1 atom stereocenters. The van der Waals surface area contributed by atoms with Gasteiger partial charge >= 0.3 is 0 Å². The summed E-state index contributed by atoms with van der Waals surface area (Å²) in [6, 6.07) is 11.1. The van der Waals surface area contributed by atoms with Crippen molar-refractivity contribution in [3.8, 4) is 11.3 Å². The predicted octanol–water partition coefficient (Wildman–Crippen LogP) is 5.78. The van der Waals surface area contributed by atoms with Crippen LogP contribution in [0.5, 0.6) is 0 Å². The Morgan fingerprint density at radius 1 is 1.00 bits per heavy atom. The van der Waals surface area contributed by atoms with Crippen LogP contribution in [0.3, 0.4) is 0 Å². The summed E-state index contributed by atoms with van der Waals surface area (Å²) in [5.74, 6) is 4.51. The minimum Gasteiger partial charge on any atom is -0.460 e. The molecule has 4 bridgehead atoms. The zero-order valence-electron chi connectivity index (χ0n) is 15.5. The van der Waals surface area contributed by atoms with Gasteiger partial charge in [0.15, 0.2) is 0 Å². The number of benzene rings is 1. The fourth-order valence-electron chi connectivity index (χ4n) is 6.42. The SMILES string of the molecule is C[C@H](NCc1ccc(-c2ccc(F)cc2)o1)C12CC3CC(CC(C3)C1)C2. The molecule has 1 aromatic carbocycles. The molecule has 26 heavy (non-hydrogen) atoms.